The minimum Gasteiger partial charge on any atom is -0.381 e. The van der Waals surface area contributed by atoms with Gasteiger partial charge in [0.1, 0.15) is 0 Å². The highest BCUT2D eigenvalue weighted by atomic mass is 16.5. The number of aryl methyl sites for hydroxylation is 1. The van der Waals surface area contributed by atoms with E-state index in [0.29, 0.717) is 0 Å². The maximum Gasteiger partial charge on any atom is 0.159 e. The van der Waals surface area contributed by atoms with Crippen molar-refractivity contribution in [3.63, 3.8) is 0 Å². The summed E-state index contributed by atoms with van der Waals surface area (Å²) in [5.74, 6) is 1.56. The minimum atomic E-state index is 0.772. The fourth-order valence-electron chi connectivity index (χ4n) is 2.94. The number of hydrogen-bond donors (Lipinski definition) is 1. The van der Waals surface area contributed by atoms with Crippen molar-refractivity contribution in [2.24, 2.45) is 5.92 Å². The molecule has 0 aliphatic carbocycles. The van der Waals surface area contributed by atoms with E-state index in [1.54, 1.807) is 0 Å². The molecule has 2 aromatic rings. The second-order valence-electron chi connectivity index (χ2n) is 6.33. The molecule has 2 heterocycles. The molecule has 0 spiro atoms. The summed E-state index contributed by atoms with van der Waals surface area (Å²) in [6.07, 6.45) is 7.53. The zero-order valence-corrected chi connectivity index (χ0v) is 13.8. The van der Waals surface area contributed by atoms with E-state index in [-0.39, 0.29) is 0 Å². The second-order valence-corrected chi connectivity index (χ2v) is 6.33. The van der Waals surface area contributed by atoms with Crippen molar-refractivity contribution in [3.05, 3.63) is 47.8 Å². The highest BCUT2D eigenvalue weighted by Crippen LogP contribution is 2.17. The van der Waals surface area contributed by atoms with Crippen LogP contribution in [0, 0.1) is 12.8 Å². The van der Waals surface area contributed by atoms with E-state index in [1.165, 1.54) is 24.8 Å². The van der Waals surface area contributed by atoms with E-state index in [9.17, 15) is 0 Å². The van der Waals surface area contributed by atoms with E-state index in [2.05, 4.69) is 34.3 Å². The average molecular weight is 311 g/mol. The van der Waals surface area contributed by atoms with Gasteiger partial charge in [-0.2, -0.15) is 0 Å². The van der Waals surface area contributed by atoms with Crippen LogP contribution < -0.4 is 5.32 Å². The molecule has 0 bridgehead atoms. The molecule has 1 saturated heterocycles. The Kier molecular flexibility index (Phi) is 5.72. The Bertz CT molecular complexity index is 606. The highest BCUT2D eigenvalue weighted by Gasteiger charge is 2.14. The van der Waals surface area contributed by atoms with Crippen LogP contribution in [-0.2, 0) is 11.3 Å². The first-order valence-electron chi connectivity index (χ1n) is 8.48. The summed E-state index contributed by atoms with van der Waals surface area (Å²) in [5.41, 5.74) is 3.43. The van der Waals surface area contributed by atoms with Gasteiger partial charge >= 0.3 is 0 Å². The maximum absolute atomic E-state index is 5.40. The molecule has 0 radical (unpaired) electrons. The predicted octanol–water partition coefficient (Wildman–Crippen LogP) is 3.36. The Morgan fingerprint density at radius 1 is 1.26 bits per heavy atom. The molecule has 4 heteroatoms. The van der Waals surface area contributed by atoms with E-state index >= 15 is 0 Å². The smallest absolute Gasteiger partial charge is 0.159 e. The van der Waals surface area contributed by atoms with Gasteiger partial charge in [0.15, 0.2) is 5.82 Å². The standard InChI is InChI=1S/C19H25N3O/c1-15-4-2-6-18(10-15)19-21-12-17(13-22-19)11-20-8-3-5-16-7-9-23-14-16/h2,4,6,10,12-13,16,20H,3,5,7-9,11,14H2,1H3/t16-/m0/s1. The summed E-state index contributed by atoms with van der Waals surface area (Å²) >= 11 is 0. The van der Waals surface area contributed by atoms with Gasteiger partial charge in [-0.05, 0) is 44.7 Å². The second kappa shape index (κ2) is 8.18. The third-order valence-corrected chi connectivity index (χ3v) is 4.30. The number of nitrogens with one attached hydrogen (secondary N) is 1. The molecule has 1 fully saturated rings. The first-order chi connectivity index (χ1) is 11.3. The normalized spacial score (nSPS) is 17.5. The Balaban J connectivity index is 1.42. The first-order valence-corrected chi connectivity index (χ1v) is 8.48. The zero-order valence-electron chi connectivity index (χ0n) is 13.8. The average Bonchev–Trinajstić information content (AvgIpc) is 3.08. The summed E-state index contributed by atoms with van der Waals surface area (Å²) in [6, 6.07) is 8.28. The van der Waals surface area contributed by atoms with Crippen molar-refractivity contribution >= 4 is 0 Å². The number of aromatic nitrogens is 2. The quantitative estimate of drug-likeness (QED) is 0.797. The molecular formula is C19H25N3O. The van der Waals surface area contributed by atoms with Gasteiger partial charge in [-0.1, -0.05) is 23.8 Å². The number of rotatable bonds is 7. The van der Waals surface area contributed by atoms with Crippen LogP contribution in [0.1, 0.15) is 30.4 Å². The molecule has 1 aromatic heterocycles. The lowest BCUT2D eigenvalue weighted by Gasteiger charge is -2.08. The van der Waals surface area contributed by atoms with E-state index in [4.69, 9.17) is 4.74 Å². The van der Waals surface area contributed by atoms with Crippen LogP contribution in [0.2, 0.25) is 0 Å². The van der Waals surface area contributed by atoms with Crippen molar-refractivity contribution in [1.29, 1.82) is 0 Å². The van der Waals surface area contributed by atoms with Gasteiger partial charge in [0.05, 0.1) is 0 Å². The molecule has 23 heavy (non-hydrogen) atoms. The Labute approximate surface area is 138 Å². The monoisotopic (exact) mass is 311 g/mol. The van der Waals surface area contributed by atoms with Crippen molar-refractivity contribution in [3.8, 4) is 11.4 Å². The van der Waals surface area contributed by atoms with Crippen molar-refractivity contribution < 1.29 is 4.74 Å². The summed E-state index contributed by atoms with van der Waals surface area (Å²) in [6.45, 7) is 5.85. The number of nitrogens with zero attached hydrogens (tertiary/aromatic N) is 2. The fourth-order valence-corrected chi connectivity index (χ4v) is 2.94. The predicted molar refractivity (Wildman–Crippen MR) is 92.1 cm³/mol. The molecule has 1 aliphatic heterocycles. The number of ether oxygens (including phenoxy) is 1. The summed E-state index contributed by atoms with van der Waals surface area (Å²) < 4.78 is 5.40. The van der Waals surface area contributed by atoms with Gasteiger partial charge in [0.25, 0.3) is 0 Å². The number of benzene rings is 1. The molecule has 1 aliphatic rings. The third-order valence-electron chi connectivity index (χ3n) is 4.30. The van der Waals surface area contributed by atoms with Crippen LogP contribution in [0.4, 0.5) is 0 Å². The minimum absolute atomic E-state index is 0.772. The molecule has 0 amide bonds. The van der Waals surface area contributed by atoms with Crippen molar-refractivity contribution in [2.75, 3.05) is 19.8 Å². The lowest BCUT2D eigenvalue weighted by atomic mass is 10.0. The van der Waals surface area contributed by atoms with Crippen LogP contribution in [0.3, 0.4) is 0 Å². The highest BCUT2D eigenvalue weighted by molar-refractivity contribution is 5.55. The van der Waals surface area contributed by atoms with Crippen molar-refractivity contribution in [1.82, 2.24) is 15.3 Å². The Morgan fingerprint density at radius 2 is 2.13 bits per heavy atom. The van der Waals surface area contributed by atoms with E-state index < -0.39 is 0 Å². The van der Waals surface area contributed by atoms with Gasteiger partial charge in [0.2, 0.25) is 0 Å². The van der Waals surface area contributed by atoms with Gasteiger partial charge in [-0.3, -0.25) is 0 Å². The lowest BCUT2D eigenvalue weighted by Crippen LogP contribution is -2.16. The molecule has 0 saturated carbocycles. The molecule has 122 valence electrons. The van der Waals surface area contributed by atoms with Crippen LogP contribution in [0.25, 0.3) is 11.4 Å². The van der Waals surface area contributed by atoms with Crippen LogP contribution in [0.15, 0.2) is 36.7 Å². The van der Waals surface area contributed by atoms with Crippen LogP contribution in [0.5, 0.6) is 0 Å². The maximum atomic E-state index is 5.40. The zero-order chi connectivity index (χ0) is 15.9. The molecule has 3 rings (SSSR count). The molecule has 4 nitrogen and oxygen atoms in total. The van der Waals surface area contributed by atoms with Crippen LogP contribution >= 0.6 is 0 Å². The topological polar surface area (TPSA) is 47.0 Å². The Hall–Kier alpha value is -1.78. The summed E-state index contributed by atoms with van der Waals surface area (Å²) in [4.78, 5) is 8.97. The molecule has 1 atom stereocenters. The third kappa shape index (κ3) is 4.85. The van der Waals surface area contributed by atoms with E-state index in [0.717, 1.165) is 49.2 Å². The van der Waals surface area contributed by atoms with E-state index in [1.807, 2.05) is 24.5 Å². The van der Waals surface area contributed by atoms with Gasteiger partial charge in [-0.15, -0.1) is 0 Å². The number of hydrogen-bond acceptors (Lipinski definition) is 4. The Morgan fingerprint density at radius 3 is 2.87 bits per heavy atom. The molecule has 1 aromatic carbocycles. The first kappa shape index (κ1) is 16.1. The lowest BCUT2D eigenvalue weighted by molar-refractivity contribution is 0.184. The summed E-state index contributed by atoms with van der Waals surface area (Å²) in [7, 11) is 0. The molecule has 0 unspecified atom stereocenters. The van der Waals surface area contributed by atoms with Crippen molar-refractivity contribution in [2.45, 2.75) is 32.7 Å². The van der Waals surface area contributed by atoms with Gasteiger partial charge < -0.3 is 10.1 Å². The SMILES string of the molecule is Cc1cccc(-c2ncc(CNCCC[C@H]3CCOC3)cn2)c1. The van der Waals surface area contributed by atoms with Gasteiger partial charge in [0, 0.05) is 43.3 Å². The van der Waals surface area contributed by atoms with Crippen LogP contribution in [-0.4, -0.2) is 29.7 Å². The fraction of sp³-hybridized carbons (Fsp3) is 0.474. The molecule has 1 N–H and O–H groups in total. The molecular weight excluding hydrogens is 286 g/mol. The van der Waals surface area contributed by atoms with Gasteiger partial charge in [-0.25, -0.2) is 9.97 Å². The largest absolute Gasteiger partial charge is 0.381 e. The summed E-state index contributed by atoms with van der Waals surface area (Å²) in [5, 5.41) is 3.47.